The van der Waals surface area contributed by atoms with Gasteiger partial charge in [0, 0.05) is 31.8 Å². The third kappa shape index (κ3) is 3.75. The predicted octanol–water partition coefficient (Wildman–Crippen LogP) is -0.723. The van der Waals surface area contributed by atoms with Gasteiger partial charge in [-0.15, -0.1) is 0 Å². The summed E-state index contributed by atoms with van der Waals surface area (Å²) in [5.74, 6) is 0.292. The van der Waals surface area contributed by atoms with Gasteiger partial charge in [0.1, 0.15) is 12.0 Å². The average Bonchev–Trinajstić information content (AvgIpc) is 2.92. The molecule has 0 bridgehead atoms. The second kappa shape index (κ2) is 6.46. The Bertz CT molecular complexity index is 648. The summed E-state index contributed by atoms with van der Waals surface area (Å²) < 4.78 is 1.60. The van der Waals surface area contributed by atoms with Crippen LogP contribution in [-0.4, -0.2) is 43.2 Å². The summed E-state index contributed by atoms with van der Waals surface area (Å²) in [5, 5.41) is 18.2. The van der Waals surface area contributed by atoms with Gasteiger partial charge in [0.2, 0.25) is 0 Å². The predicted molar refractivity (Wildman–Crippen MR) is 73.8 cm³/mol. The Morgan fingerprint density at radius 2 is 2.29 bits per heavy atom. The van der Waals surface area contributed by atoms with Crippen molar-refractivity contribution in [3.8, 4) is 0 Å². The molecule has 0 unspecified atom stereocenters. The van der Waals surface area contributed by atoms with E-state index in [4.69, 9.17) is 10.9 Å². The van der Waals surface area contributed by atoms with Gasteiger partial charge in [0.25, 0.3) is 5.91 Å². The number of rotatable bonds is 5. The molecule has 1 amide bonds. The molecule has 4 N–H and O–H groups in total. The summed E-state index contributed by atoms with van der Waals surface area (Å²) in [4.78, 5) is 19.9. The number of amidine groups is 1. The molecular weight excluding hydrogens is 274 g/mol. The Kier molecular flexibility index (Phi) is 4.44. The van der Waals surface area contributed by atoms with E-state index in [-0.39, 0.29) is 17.4 Å². The molecule has 2 rings (SSSR count). The van der Waals surface area contributed by atoms with Crippen molar-refractivity contribution in [2.75, 3.05) is 6.54 Å². The zero-order chi connectivity index (χ0) is 15.2. The lowest BCUT2D eigenvalue weighted by atomic mass is 10.2. The number of nitrogens with zero attached hydrogens (tertiary/aromatic N) is 5. The van der Waals surface area contributed by atoms with Gasteiger partial charge in [0.15, 0.2) is 11.7 Å². The molecule has 0 spiro atoms. The molecule has 9 nitrogen and oxygen atoms in total. The minimum Gasteiger partial charge on any atom is -0.409 e. The van der Waals surface area contributed by atoms with Crippen molar-refractivity contribution in [1.82, 2.24) is 25.1 Å². The molecular formula is C12H15N7O2. The zero-order valence-corrected chi connectivity index (χ0v) is 11.4. The van der Waals surface area contributed by atoms with E-state index in [0.717, 1.165) is 0 Å². The Morgan fingerprint density at radius 3 is 2.86 bits per heavy atom. The standard InChI is InChI=1S/C12H15N7O2/c1-19-7-16-10(17-19)4-5-14-12(20)9-3-2-8(6-15-9)11(13)18-21/h2-3,6-7,21H,4-5H2,1H3,(H2,13,18)(H,14,20). The number of nitrogens with one attached hydrogen (secondary N) is 1. The molecule has 110 valence electrons. The van der Waals surface area contributed by atoms with Crippen LogP contribution in [0.4, 0.5) is 0 Å². The number of hydrogen-bond acceptors (Lipinski definition) is 6. The molecule has 0 fully saturated rings. The van der Waals surface area contributed by atoms with E-state index >= 15 is 0 Å². The molecule has 0 aliphatic rings. The fourth-order valence-corrected chi connectivity index (χ4v) is 1.61. The maximum Gasteiger partial charge on any atom is 0.269 e. The SMILES string of the molecule is Cn1cnc(CCNC(=O)c2ccc(/C(N)=N/O)cn2)n1. The summed E-state index contributed by atoms with van der Waals surface area (Å²) in [6.07, 6.45) is 3.50. The molecule has 0 aromatic carbocycles. The molecule has 0 radical (unpaired) electrons. The smallest absolute Gasteiger partial charge is 0.269 e. The third-order valence-corrected chi connectivity index (χ3v) is 2.68. The van der Waals surface area contributed by atoms with Gasteiger partial charge in [0.05, 0.1) is 0 Å². The van der Waals surface area contributed by atoms with E-state index in [9.17, 15) is 4.79 Å². The average molecular weight is 289 g/mol. The van der Waals surface area contributed by atoms with Gasteiger partial charge in [-0.3, -0.25) is 14.5 Å². The van der Waals surface area contributed by atoms with Crippen LogP contribution in [0.25, 0.3) is 0 Å². The first-order valence-electron chi connectivity index (χ1n) is 6.17. The zero-order valence-electron chi connectivity index (χ0n) is 11.4. The summed E-state index contributed by atoms with van der Waals surface area (Å²) in [6, 6.07) is 3.05. The van der Waals surface area contributed by atoms with Crippen LogP contribution in [0.1, 0.15) is 21.9 Å². The van der Waals surface area contributed by atoms with E-state index < -0.39 is 0 Å². The van der Waals surface area contributed by atoms with E-state index in [1.807, 2.05) is 0 Å². The second-order valence-corrected chi connectivity index (χ2v) is 4.26. The van der Waals surface area contributed by atoms with Gasteiger partial charge in [-0.25, -0.2) is 4.98 Å². The van der Waals surface area contributed by atoms with Crippen molar-refractivity contribution < 1.29 is 10.0 Å². The van der Waals surface area contributed by atoms with Crippen molar-refractivity contribution in [2.45, 2.75) is 6.42 Å². The third-order valence-electron chi connectivity index (χ3n) is 2.68. The highest BCUT2D eigenvalue weighted by molar-refractivity contribution is 5.98. The Labute approximate surface area is 120 Å². The number of carbonyl (C=O) groups excluding carboxylic acids is 1. The molecule has 2 heterocycles. The van der Waals surface area contributed by atoms with E-state index in [1.165, 1.54) is 12.3 Å². The van der Waals surface area contributed by atoms with E-state index in [0.29, 0.717) is 24.4 Å². The van der Waals surface area contributed by atoms with Gasteiger partial charge in [-0.05, 0) is 12.1 Å². The number of amides is 1. The topological polar surface area (TPSA) is 131 Å². The quantitative estimate of drug-likeness (QED) is 0.288. The van der Waals surface area contributed by atoms with Crippen LogP contribution < -0.4 is 11.1 Å². The molecule has 0 aliphatic carbocycles. The fraction of sp³-hybridized carbons (Fsp3) is 0.250. The Hall–Kier alpha value is -2.97. The number of aromatic nitrogens is 4. The van der Waals surface area contributed by atoms with Crippen LogP contribution in [0.2, 0.25) is 0 Å². The van der Waals surface area contributed by atoms with Gasteiger partial charge >= 0.3 is 0 Å². The van der Waals surface area contributed by atoms with Crippen LogP contribution in [0.15, 0.2) is 29.8 Å². The lowest BCUT2D eigenvalue weighted by molar-refractivity contribution is 0.0949. The van der Waals surface area contributed by atoms with Crippen LogP contribution >= 0.6 is 0 Å². The minimum absolute atomic E-state index is 0.0596. The maximum absolute atomic E-state index is 11.9. The first-order valence-corrected chi connectivity index (χ1v) is 6.17. The molecule has 9 heteroatoms. The number of pyridine rings is 1. The van der Waals surface area contributed by atoms with E-state index in [1.54, 1.807) is 24.1 Å². The number of hydrogen-bond donors (Lipinski definition) is 3. The van der Waals surface area contributed by atoms with Crippen LogP contribution in [-0.2, 0) is 13.5 Å². The highest BCUT2D eigenvalue weighted by Crippen LogP contribution is 2.00. The molecule has 2 aromatic rings. The molecule has 21 heavy (non-hydrogen) atoms. The first-order chi connectivity index (χ1) is 10.1. The largest absolute Gasteiger partial charge is 0.409 e. The number of oxime groups is 1. The van der Waals surface area contributed by atoms with Gasteiger partial charge < -0.3 is 16.3 Å². The first kappa shape index (κ1) is 14.4. The Morgan fingerprint density at radius 1 is 1.48 bits per heavy atom. The highest BCUT2D eigenvalue weighted by atomic mass is 16.4. The van der Waals surface area contributed by atoms with Crippen molar-refractivity contribution in [3.63, 3.8) is 0 Å². The van der Waals surface area contributed by atoms with E-state index in [2.05, 4.69) is 25.5 Å². The molecule has 0 aliphatic heterocycles. The van der Waals surface area contributed by atoms with Crippen molar-refractivity contribution in [3.05, 3.63) is 41.7 Å². The molecule has 0 atom stereocenters. The number of aryl methyl sites for hydroxylation is 1. The molecule has 0 saturated heterocycles. The van der Waals surface area contributed by atoms with Crippen LogP contribution in [0, 0.1) is 0 Å². The van der Waals surface area contributed by atoms with Gasteiger partial charge in [-0.1, -0.05) is 5.16 Å². The summed E-state index contributed by atoms with van der Waals surface area (Å²) in [6.45, 7) is 0.409. The lowest BCUT2D eigenvalue weighted by Gasteiger charge is -2.04. The molecule has 2 aromatic heterocycles. The lowest BCUT2D eigenvalue weighted by Crippen LogP contribution is -2.27. The highest BCUT2D eigenvalue weighted by Gasteiger charge is 2.08. The Balaban J connectivity index is 1.88. The van der Waals surface area contributed by atoms with Crippen molar-refractivity contribution >= 4 is 11.7 Å². The summed E-state index contributed by atoms with van der Waals surface area (Å²) in [7, 11) is 1.78. The monoisotopic (exact) mass is 289 g/mol. The number of nitrogens with two attached hydrogens (primary N) is 1. The summed E-state index contributed by atoms with van der Waals surface area (Å²) in [5.41, 5.74) is 6.10. The van der Waals surface area contributed by atoms with Crippen molar-refractivity contribution in [1.29, 1.82) is 0 Å². The fourth-order valence-electron chi connectivity index (χ4n) is 1.61. The minimum atomic E-state index is -0.308. The molecule has 0 saturated carbocycles. The number of carbonyl (C=O) groups is 1. The van der Waals surface area contributed by atoms with Gasteiger partial charge in [-0.2, -0.15) is 5.10 Å². The van der Waals surface area contributed by atoms with Crippen LogP contribution in [0.5, 0.6) is 0 Å². The maximum atomic E-state index is 11.9. The van der Waals surface area contributed by atoms with Crippen molar-refractivity contribution in [2.24, 2.45) is 17.9 Å². The second-order valence-electron chi connectivity index (χ2n) is 4.26. The normalized spacial score (nSPS) is 11.4. The summed E-state index contributed by atoms with van der Waals surface area (Å²) >= 11 is 0. The van der Waals surface area contributed by atoms with Crippen LogP contribution in [0.3, 0.4) is 0 Å².